The first-order valence-electron chi connectivity index (χ1n) is 7.37. The van der Waals surface area contributed by atoms with Crippen molar-refractivity contribution < 1.29 is 13.9 Å². The molecule has 0 aliphatic heterocycles. The Kier molecular flexibility index (Phi) is 6.00. The summed E-state index contributed by atoms with van der Waals surface area (Å²) in [7, 11) is 0. The molecule has 0 radical (unpaired) electrons. The van der Waals surface area contributed by atoms with E-state index in [1.165, 1.54) is 0 Å². The molecule has 5 heteroatoms. The number of carbonyl (C=O) groups excluding carboxylic acids is 1. The van der Waals surface area contributed by atoms with Gasteiger partial charge in [0.15, 0.2) is 0 Å². The van der Waals surface area contributed by atoms with Gasteiger partial charge in [-0.3, -0.25) is 4.79 Å². The Hall–Kier alpha value is -2.06. The van der Waals surface area contributed by atoms with E-state index in [4.69, 9.17) is 14.4 Å². The van der Waals surface area contributed by atoms with Crippen LogP contribution in [0.5, 0.6) is 0 Å². The van der Waals surface area contributed by atoms with Crippen molar-refractivity contribution >= 4 is 21.9 Å². The Labute approximate surface area is 144 Å². The van der Waals surface area contributed by atoms with Crippen molar-refractivity contribution in [3.8, 4) is 6.07 Å². The molecule has 0 N–H and O–H groups in total. The molecule has 1 aromatic carbocycles. The standard InChI is InChI=1S/C18H18BrNO3/c1-12(2)17(19)18(21)22-11-14-9-15(23-16(14)10-20)8-13-6-4-3-5-7-13/h3-7,9,12,17H,8,11H2,1-2H3. The van der Waals surface area contributed by atoms with Gasteiger partial charge in [0, 0.05) is 12.0 Å². The Bertz CT molecular complexity index is 701. The van der Waals surface area contributed by atoms with E-state index in [0.29, 0.717) is 17.7 Å². The van der Waals surface area contributed by atoms with E-state index in [0.717, 1.165) is 5.56 Å². The van der Waals surface area contributed by atoms with Crippen LogP contribution in [0, 0.1) is 17.2 Å². The topological polar surface area (TPSA) is 63.2 Å². The number of halogens is 1. The van der Waals surface area contributed by atoms with Gasteiger partial charge in [-0.05, 0) is 17.5 Å². The first kappa shape index (κ1) is 17.3. The molecule has 0 aliphatic carbocycles. The third-order valence-corrected chi connectivity index (χ3v) is 4.79. The smallest absolute Gasteiger partial charge is 0.320 e. The summed E-state index contributed by atoms with van der Waals surface area (Å²) in [6, 6.07) is 13.6. The van der Waals surface area contributed by atoms with Crippen molar-refractivity contribution in [3.05, 3.63) is 59.0 Å². The molecule has 4 nitrogen and oxygen atoms in total. The zero-order valence-corrected chi connectivity index (χ0v) is 14.7. The Morgan fingerprint density at radius 1 is 1.35 bits per heavy atom. The van der Waals surface area contributed by atoms with Crippen LogP contribution in [0.4, 0.5) is 0 Å². The summed E-state index contributed by atoms with van der Waals surface area (Å²) in [5, 5.41) is 9.17. The van der Waals surface area contributed by atoms with Crippen LogP contribution in [-0.2, 0) is 22.6 Å². The molecule has 0 bridgehead atoms. The summed E-state index contributed by atoms with van der Waals surface area (Å²) in [4.78, 5) is 11.5. The molecule has 2 rings (SSSR count). The van der Waals surface area contributed by atoms with Crippen LogP contribution in [0.1, 0.15) is 36.5 Å². The fourth-order valence-electron chi connectivity index (χ4n) is 2.07. The first-order valence-corrected chi connectivity index (χ1v) is 8.29. The highest BCUT2D eigenvalue weighted by molar-refractivity contribution is 9.10. The lowest BCUT2D eigenvalue weighted by atomic mass is 10.1. The molecule has 1 unspecified atom stereocenters. The lowest BCUT2D eigenvalue weighted by molar-refractivity contribution is -0.144. The molecule has 0 spiro atoms. The molecule has 120 valence electrons. The molecular formula is C18H18BrNO3. The molecule has 2 aromatic rings. The highest BCUT2D eigenvalue weighted by Crippen LogP contribution is 2.20. The van der Waals surface area contributed by atoms with Gasteiger partial charge in [0.2, 0.25) is 5.76 Å². The van der Waals surface area contributed by atoms with E-state index >= 15 is 0 Å². The van der Waals surface area contributed by atoms with E-state index in [2.05, 4.69) is 15.9 Å². The molecule has 0 amide bonds. The van der Waals surface area contributed by atoms with Crippen LogP contribution in [0.2, 0.25) is 0 Å². The van der Waals surface area contributed by atoms with Gasteiger partial charge in [-0.25, -0.2) is 0 Å². The van der Waals surface area contributed by atoms with Gasteiger partial charge in [-0.2, -0.15) is 5.26 Å². The second kappa shape index (κ2) is 7.98. The number of esters is 1. The minimum atomic E-state index is -0.358. The quantitative estimate of drug-likeness (QED) is 0.560. The van der Waals surface area contributed by atoms with Crippen molar-refractivity contribution in [2.75, 3.05) is 0 Å². The molecular weight excluding hydrogens is 358 g/mol. The van der Waals surface area contributed by atoms with Crippen molar-refractivity contribution in [1.82, 2.24) is 0 Å². The number of nitriles is 1. The van der Waals surface area contributed by atoms with Crippen molar-refractivity contribution in [2.24, 2.45) is 5.92 Å². The number of rotatable bonds is 6. The number of alkyl halides is 1. The number of benzene rings is 1. The van der Waals surface area contributed by atoms with Gasteiger partial charge in [-0.1, -0.05) is 60.1 Å². The van der Waals surface area contributed by atoms with Gasteiger partial charge in [-0.15, -0.1) is 0 Å². The lowest BCUT2D eigenvalue weighted by Crippen LogP contribution is -2.22. The Morgan fingerprint density at radius 3 is 2.65 bits per heavy atom. The number of ether oxygens (including phenoxy) is 1. The number of hydrogen-bond donors (Lipinski definition) is 0. The number of hydrogen-bond acceptors (Lipinski definition) is 4. The summed E-state index contributed by atoms with van der Waals surface area (Å²) in [6.45, 7) is 3.89. The summed E-state index contributed by atoms with van der Waals surface area (Å²) in [5.41, 5.74) is 1.69. The van der Waals surface area contributed by atoms with Gasteiger partial charge in [0.05, 0.1) is 0 Å². The maximum atomic E-state index is 11.9. The highest BCUT2D eigenvalue weighted by atomic mass is 79.9. The number of nitrogens with zero attached hydrogens (tertiary/aromatic N) is 1. The van der Waals surface area contributed by atoms with Crippen LogP contribution >= 0.6 is 15.9 Å². The molecule has 23 heavy (non-hydrogen) atoms. The van der Waals surface area contributed by atoms with E-state index in [-0.39, 0.29) is 29.1 Å². The van der Waals surface area contributed by atoms with Gasteiger partial charge >= 0.3 is 5.97 Å². The van der Waals surface area contributed by atoms with Crippen molar-refractivity contribution in [2.45, 2.75) is 31.7 Å². The summed E-state index contributed by atoms with van der Waals surface area (Å²) >= 11 is 3.30. The zero-order chi connectivity index (χ0) is 16.8. The molecule has 0 saturated carbocycles. The predicted octanol–water partition coefficient (Wildman–Crippen LogP) is 4.20. The van der Waals surface area contributed by atoms with Gasteiger partial charge in [0.1, 0.15) is 23.3 Å². The normalized spacial score (nSPS) is 12.0. The Morgan fingerprint density at radius 2 is 2.04 bits per heavy atom. The van der Waals surface area contributed by atoms with Crippen LogP contribution < -0.4 is 0 Å². The average molecular weight is 376 g/mol. The second-order valence-corrected chi connectivity index (χ2v) is 6.58. The molecule has 1 aromatic heterocycles. The zero-order valence-electron chi connectivity index (χ0n) is 13.1. The first-order chi connectivity index (χ1) is 11.0. The van der Waals surface area contributed by atoms with Crippen LogP contribution in [0.3, 0.4) is 0 Å². The van der Waals surface area contributed by atoms with E-state index in [1.807, 2.05) is 50.2 Å². The van der Waals surface area contributed by atoms with Crippen molar-refractivity contribution in [1.29, 1.82) is 5.26 Å². The van der Waals surface area contributed by atoms with Crippen LogP contribution in [0.15, 0.2) is 40.8 Å². The summed E-state index contributed by atoms with van der Waals surface area (Å²) in [6.07, 6.45) is 0.594. The SMILES string of the molecule is CC(C)C(Br)C(=O)OCc1cc(Cc2ccccc2)oc1C#N. The maximum absolute atomic E-state index is 11.9. The largest absolute Gasteiger partial charge is 0.460 e. The highest BCUT2D eigenvalue weighted by Gasteiger charge is 2.21. The third kappa shape index (κ3) is 4.70. The molecule has 0 fully saturated rings. The third-order valence-electron chi connectivity index (χ3n) is 3.36. The van der Waals surface area contributed by atoms with Crippen LogP contribution in [0.25, 0.3) is 0 Å². The second-order valence-electron chi connectivity index (χ2n) is 5.59. The van der Waals surface area contributed by atoms with Crippen LogP contribution in [-0.4, -0.2) is 10.8 Å². The monoisotopic (exact) mass is 375 g/mol. The molecule has 0 saturated heterocycles. The average Bonchev–Trinajstić information content (AvgIpc) is 2.94. The van der Waals surface area contributed by atoms with Gasteiger partial charge in [0.25, 0.3) is 0 Å². The Balaban J connectivity index is 2.05. The summed E-state index contributed by atoms with van der Waals surface area (Å²) in [5.74, 6) is 0.670. The fraction of sp³-hybridized carbons (Fsp3) is 0.333. The fourth-order valence-corrected chi connectivity index (χ4v) is 2.20. The minimum Gasteiger partial charge on any atom is -0.460 e. The number of furan rings is 1. The van der Waals surface area contributed by atoms with Gasteiger partial charge < -0.3 is 9.15 Å². The number of carbonyl (C=O) groups is 1. The molecule has 1 atom stereocenters. The summed E-state index contributed by atoms with van der Waals surface area (Å²) < 4.78 is 10.8. The van der Waals surface area contributed by atoms with E-state index in [1.54, 1.807) is 6.07 Å². The van der Waals surface area contributed by atoms with Crippen molar-refractivity contribution in [3.63, 3.8) is 0 Å². The maximum Gasteiger partial charge on any atom is 0.320 e. The lowest BCUT2D eigenvalue weighted by Gasteiger charge is -2.12. The van der Waals surface area contributed by atoms with E-state index < -0.39 is 0 Å². The molecule has 1 heterocycles. The predicted molar refractivity (Wildman–Crippen MR) is 90.0 cm³/mol. The van der Waals surface area contributed by atoms with E-state index in [9.17, 15) is 4.79 Å². The minimum absolute atomic E-state index is 0.0365. The molecule has 0 aliphatic rings.